The fourth-order valence-corrected chi connectivity index (χ4v) is 6.67. The minimum absolute atomic E-state index is 0.0391. The number of nitrogens with zero attached hydrogens (tertiary/aromatic N) is 1. The monoisotopic (exact) mass is 756 g/mol. The molecule has 0 saturated heterocycles. The molecule has 0 aliphatic carbocycles. The number of methoxy groups -OCH3 is 1. The fourth-order valence-electron chi connectivity index (χ4n) is 5.69. The van der Waals surface area contributed by atoms with Gasteiger partial charge in [-0.1, -0.05) is 26.8 Å². The highest BCUT2D eigenvalue weighted by molar-refractivity contribution is 7.13. The van der Waals surface area contributed by atoms with Crippen LogP contribution in [0.25, 0.3) is 21.6 Å². The van der Waals surface area contributed by atoms with Crippen LogP contribution in [0.5, 0.6) is 11.5 Å². The third-order valence-corrected chi connectivity index (χ3v) is 9.39. The van der Waals surface area contributed by atoms with Gasteiger partial charge in [0.2, 0.25) is 0 Å². The maximum atomic E-state index is 14.6. The third-order valence-electron chi connectivity index (χ3n) is 8.40. The molecule has 3 amide bonds. The summed E-state index contributed by atoms with van der Waals surface area (Å²) in [5, 5.41) is 10.6. The molecule has 2 aromatic heterocycles. The number of rotatable bonds is 13. The van der Waals surface area contributed by atoms with Gasteiger partial charge in [-0.15, -0.1) is 11.3 Å². The van der Waals surface area contributed by atoms with E-state index in [-0.39, 0.29) is 29.1 Å². The molecule has 5 rings (SSSR count). The Bertz CT molecular complexity index is 2020. The first-order chi connectivity index (χ1) is 25.8. The molecule has 12 nitrogen and oxygen atoms in total. The van der Waals surface area contributed by atoms with E-state index in [4.69, 9.17) is 18.9 Å². The van der Waals surface area contributed by atoms with Crippen LogP contribution < -0.4 is 25.4 Å². The van der Waals surface area contributed by atoms with Crippen LogP contribution in [0.15, 0.2) is 53.9 Å². The van der Waals surface area contributed by atoms with Crippen LogP contribution in [0.3, 0.4) is 0 Å². The summed E-state index contributed by atoms with van der Waals surface area (Å²) in [6.07, 6.45) is 1.64. The largest absolute Gasteiger partial charge is 0.493 e. The number of carbonyl (C=O) groups excluding carboxylic acids is 4. The van der Waals surface area contributed by atoms with Gasteiger partial charge in [0.05, 0.1) is 26.0 Å². The maximum Gasteiger partial charge on any atom is 0.407 e. The number of aromatic nitrogens is 1. The van der Waals surface area contributed by atoms with E-state index in [1.165, 1.54) is 13.2 Å². The minimum Gasteiger partial charge on any atom is -0.493 e. The number of thiophene rings is 1. The molecule has 1 aliphatic rings. The van der Waals surface area contributed by atoms with Crippen LogP contribution in [0.1, 0.15) is 96.8 Å². The highest BCUT2D eigenvalue weighted by Crippen LogP contribution is 2.43. The molecule has 1 aliphatic heterocycles. The Labute approximate surface area is 320 Å². The second-order valence-corrected chi connectivity index (χ2v) is 15.2. The zero-order valence-corrected chi connectivity index (χ0v) is 32.7. The van der Waals surface area contributed by atoms with Crippen LogP contribution in [-0.2, 0) is 22.4 Å². The van der Waals surface area contributed by atoms with Gasteiger partial charge in [0, 0.05) is 46.6 Å². The second-order valence-electron chi connectivity index (χ2n) is 14.3. The van der Waals surface area contributed by atoms with Crippen molar-refractivity contribution in [1.29, 1.82) is 0 Å². The lowest BCUT2D eigenvalue weighted by molar-refractivity contribution is 0.0521. The van der Waals surface area contributed by atoms with Crippen molar-refractivity contribution >= 4 is 40.9 Å². The lowest BCUT2D eigenvalue weighted by Gasteiger charge is -2.20. The maximum absolute atomic E-state index is 14.6. The summed E-state index contributed by atoms with van der Waals surface area (Å²) in [5.41, 5.74) is 3.15. The molecule has 0 bridgehead atoms. The molecule has 286 valence electrons. The van der Waals surface area contributed by atoms with Crippen LogP contribution >= 0.6 is 11.3 Å². The Kier molecular flexibility index (Phi) is 13.0. The number of ether oxygens (including phenoxy) is 4. The molecule has 13 heteroatoms. The van der Waals surface area contributed by atoms with E-state index in [2.05, 4.69) is 34.8 Å². The highest BCUT2D eigenvalue weighted by atomic mass is 32.1. The Morgan fingerprint density at radius 2 is 1.76 bits per heavy atom. The number of anilines is 1. The summed E-state index contributed by atoms with van der Waals surface area (Å²) in [5.74, 6) is -0.335. The topological polar surface area (TPSA) is 154 Å². The number of fused-ring (bicyclic) bond motifs is 3. The van der Waals surface area contributed by atoms with Crippen LogP contribution in [-0.4, -0.2) is 61.3 Å². The van der Waals surface area contributed by atoms with Crippen molar-refractivity contribution in [2.24, 2.45) is 5.92 Å². The summed E-state index contributed by atoms with van der Waals surface area (Å²) in [6.45, 7) is 12.9. The summed E-state index contributed by atoms with van der Waals surface area (Å²) in [7, 11) is 1.23. The van der Waals surface area contributed by atoms with Crippen LogP contribution in [0, 0.1) is 5.92 Å². The first kappa shape index (κ1) is 39.8. The minimum atomic E-state index is -0.769. The predicted molar refractivity (Wildman–Crippen MR) is 209 cm³/mol. The molecule has 0 atom stereocenters. The van der Waals surface area contributed by atoms with Gasteiger partial charge in [-0.25, -0.2) is 14.6 Å². The highest BCUT2D eigenvalue weighted by Gasteiger charge is 2.27. The summed E-state index contributed by atoms with van der Waals surface area (Å²) in [6, 6.07) is 14.0. The zero-order chi connectivity index (χ0) is 39.0. The van der Waals surface area contributed by atoms with E-state index in [1.54, 1.807) is 68.5 Å². The van der Waals surface area contributed by atoms with Crippen molar-refractivity contribution in [3.8, 4) is 33.1 Å². The number of alkyl carbamates (subject to hydrolysis) is 1. The molecular formula is C41H48N4O8S. The van der Waals surface area contributed by atoms with Gasteiger partial charge in [-0.2, -0.15) is 0 Å². The molecule has 2 aromatic carbocycles. The zero-order valence-electron chi connectivity index (χ0n) is 31.8. The first-order valence-electron chi connectivity index (χ1n) is 18.1. The standard InChI is InChI=1S/C41H48N4O8S/c1-8-16-42-38(47)32-12-10-27(35(44-32)39(48)50-7)28-22-33-30(36-26(14-18-51-33)15-19-54-36)21-29(28)37(46)45-31-11-9-25(20-34(31)52-17-13-24(2)3)23-43-40(49)53-41(4,5)6/h9-12,15,19-22,24H,8,13-14,16-18,23H2,1-7H3,(H,42,47)(H,43,49)(H,45,46). The molecule has 54 heavy (non-hydrogen) atoms. The van der Waals surface area contributed by atoms with Gasteiger partial charge in [0.1, 0.15) is 22.8 Å². The predicted octanol–water partition coefficient (Wildman–Crippen LogP) is 8.04. The lowest BCUT2D eigenvalue weighted by Crippen LogP contribution is -2.32. The van der Waals surface area contributed by atoms with Crippen molar-refractivity contribution in [2.75, 3.05) is 32.2 Å². The van der Waals surface area contributed by atoms with Gasteiger partial charge in [-0.05, 0) is 98.5 Å². The van der Waals surface area contributed by atoms with E-state index in [0.29, 0.717) is 54.8 Å². The summed E-state index contributed by atoms with van der Waals surface area (Å²) < 4.78 is 22.9. The van der Waals surface area contributed by atoms with Crippen molar-refractivity contribution < 1.29 is 38.1 Å². The Morgan fingerprint density at radius 1 is 0.963 bits per heavy atom. The molecular weight excluding hydrogens is 709 g/mol. The Morgan fingerprint density at radius 3 is 2.48 bits per heavy atom. The number of benzene rings is 2. The normalized spacial score (nSPS) is 12.1. The second kappa shape index (κ2) is 17.6. The van der Waals surface area contributed by atoms with E-state index in [9.17, 15) is 19.2 Å². The average molecular weight is 757 g/mol. The van der Waals surface area contributed by atoms with E-state index in [0.717, 1.165) is 34.4 Å². The van der Waals surface area contributed by atoms with E-state index >= 15 is 0 Å². The van der Waals surface area contributed by atoms with Gasteiger partial charge in [0.15, 0.2) is 5.69 Å². The van der Waals surface area contributed by atoms with Gasteiger partial charge in [-0.3, -0.25) is 9.59 Å². The summed E-state index contributed by atoms with van der Waals surface area (Å²) >= 11 is 1.55. The number of hydrogen-bond acceptors (Lipinski definition) is 10. The molecule has 0 unspecified atom stereocenters. The van der Waals surface area contributed by atoms with Gasteiger partial charge >= 0.3 is 12.1 Å². The number of nitrogens with one attached hydrogen (secondary N) is 3. The molecule has 0 spiro atoms. The van der Waals surface area contributed by atoms with Gasteiger partial charge < -0.3 is 34.9 Å². The number of amides is 3. The molecule has 0 saturated carbocycles. The molecule has 3 heterocycles. The van der Waals surface area contributed by atoms with Gasteiger partial charge in [0.25, 0.3) is 11.8 Å². The SMILES string of the molecule is CCCNC(=O)c1ccc(-c2cc3c(cc2C(=O)Nc2ccc(CNC(=O)OC(C)(C)C)cc2OCCC(C)C)-c2sccc2CCO3)c(C(=O)OC)n1. The fraction of sp³-hybridized carbons (Fsp3) is 0.390. The molecule has 0 radical (unpaired) electrons. The van der Waals surface area contributed by atoms with Crippen LogP contribution in [0.2, 0.25) is 0 Å². The number of esters is 1. The number of hydrogen-bond donors (Lipinski definition) is 3. The van der Waals surface area contributed by atoms with E-state index < -0.39 is 29.5 Å². The van der Waals surface area contributed by atoms with E-state index in [1.807, 2.05) is 18.4 Å². The van der Waals surface area contributed by atoms with Crippen molar-refractivity contribution in [2.45, 2.75) is 73.0 Å². The molecule has 3 N–H and O–H groups in total. The Balaban J connectivity index is 1.58. The first-order valence-corrected chi connectivity index (χ1v) is 18.9. The number of pyridine rings is 1. The molecule has 4 aromatic rings. The quantitative estimate of drug-likeness (QED) is 0.115. The smallest absolute Gasteiger partial charge is 0.407 e. The van der Waals surface area contributed by atoms with Crippen molar-refractivity contribution in [3.63, 3.8) is 0 Å². The van der Waals surface area contributed by atoms with Crippen LogP contribution in [0.4, 0.5) is 10.5 Å². The van der Waals surface area contributed by atoms with Crippen molar-refractivity contribution in [3.05, 3.63) is 82.0 Å². The number of carbonyl (C=O) groups is 4. The average Bonchev–Trinajstić information content (AvgIpc) is 3.53. The summed E-state index contributed by atoms with van der Waals surface area (Å²) in [4.78, 5) is 58.4. The Hall–Kier alpha value is -5.43. The lowest BCUT2D eigenvalue weighted by atomic mass is 9.93. The van der Waals surface area contributed by atoms with Crippen molar-refractivity contribution in [1.82, 2.24) is 15.6 Å². The molecule has 0 fully saturated rings. The third kappa shape index (κ3) is 9.95.